The molecule has 12 heavy (non-hydrogen) atoms. The minimum absolute atomic E-state index is 0.473. The fourth-order valence-corrected chi connectivity index (χ4v) is 1.03. The maximum absolute atomic E-state index is 11.9. The highest BCUT2D eigenvalue weighted by Gasteiger charge is 2.51. The van der Waals surface area contributed by atoms with Gasteiger partial charge in [0.25, 0.3) is 0 Å². The summed E-state index contributed by atoms with van der Waals surface area (Å²) in [5.41, 5.74) is 0. The van der Waals surface area contributed by atoms with Crippen LogP contribution in [0.5, 0.6) is 0 Å². The summed E-state index contributed by atoms with van der Waals surface area (Å²) in [5, 5.41) is 8.42. The van der Waals surface area contributed by atoms with E-state index in [0.717, 1.165) is 0 Å². The van der Waals surface area contributed by atoms with E-state index in [1.165, 1.54) is 0 Å². The quantitative estimate of drug-likeness (QED) is 0.602. The lowest BCUT2D eigenvalue weighted by molar-refractivity contribution is -0.185. The van der Waals surface area contributed by atoms with Gasteiger partial charge in [0.15, 0.2) is 5.92 Å². The maximum Gasteiger partial charge on any atom is 0.402 e. The van der Waals surface area contributed by atoms with E-state index in [1.54, 1.807) is 0 Å². The molecule has 1 aliphatic heterocycles. The van der Waals surface area contributed by atoms with Crippen LogP contribution in [-0.4, -0.2) is 30.0 Å². The fraction of sp³-hybridized carbons (Fsp3) is 0.833. The van der Waals surface area contributed by atoms with Gasteiger partial charge in [-0.2, -0.15) is 13.2 Å². The molecule has 1 rings (SSSR count). The number of ether oxygens (including phenoxy) is 1. The number of aliphatic hydroxyl groups excluding tert-OH is 1. The molecule has 1 aliphatic rings. The van der Waals surface area contributed by atoms with Crippen LogP contribution in [0, 0.1) is 5.92 Å². The van der Waals surface area contributed by atoms with Crippen molar-refractivity contribution in [3.8, 4) is 0 Å². The average Bonchev–Trinajstić information content (AvgIpc) is 2.29. The van der Waals surface area contributed by atoms with Crippen LogP contribution in [0.1, 0.15) is 6.42 Å². The zero-order valence-electron chi connectivity index (χ0n) is 5.97. The summed E-state index contributed by atoms with van der Waals surface area (Å²) >= 11 is 0. The van der Waals surface area contributed by atoms with E-state index >= 15 is 0 Å². The molecule has 1 fully saturated rings. The molecule has 0 bridgehead atoms. The molecule has 0 spiro atoms. The molecule has 1 N–H and O–H groups in total. The van der Waals surface area contributed by atoms with E-state index in [-0.39, 0.29) is 0 Å². The molecule has 1 saturated heterocycles. The first-order valence-corrected chi connectivity index (χ1v) is 3.33. The third-order valence-electron chi connectivity index (χ3n) is 1.66. The maximum atomic E-state index is 11.9. The molecular weight excluding hydrogens is 177 g/mol. The lowest BCUT2D eigenvalue weighted by Crippen LogP contribution is -2.26. The van der Waals surface area contributed by atoms with Gasteiger partial charge in [-0.05, 0) is 0 Å². The number of hydrogen-bond acceptors (Lipinski definition) is 3. The second kappa shape index (κ2) is 2.93. The molecule has 0 radical (unpaired) electrons. The molecule has 2 atom stereocenters. The average molecular weight is 184 g/mol. The van der Waals surface area contributed by atoms with Gasteiger partial charge in [0.05, 0.1) is 6.61 Å². The normalized spacial score (nSPS) is 30.5. The Balaban J connectivity index is 2.64. The third-order valence-corrected chi connectivity index (χ3v) is 1.66. The molecule has 3 nitrogen and oxygen atoms in total. The number of alkyl halides is 3. The molecule has 0 aliphatic carbocycles. The van der Waals surface area contributed by atoms with Gasteiger partial charge < -0.3 is 9.84 Å². The molecule has 0 aromatic heterocycles. The van der Waals surface area contributed by atoms with Gasteiger partial charge in [-0.15, -0.1) is 0 Å². The van der Waals surface area contributed by atoms with E-state index < -0.39 is 37.2 Å². The lowest BCUT2D eigenvalue weighted by atomic mass is 10.1. The van der Waals surface area contributed by atoms with Crippen molar-refractivity contribution in [3.63, 3.8) is 0 Å². The first kappa shape index (κ1) is 9.31. The lowest BCUT2D eigenvalue weighted by Gasteiger charge is -2.08. The number of carbonyl (C=O) groups excluding carboxylic acids is 1. The summed E-state index contributed by atoms with van der Waals surface area (Å²) in [4.78, 5) is 10.5. The Morgan fingerprint density at radius 2 is 2.17 bits per heavy atom. The Morgan fingerprint density at radius 1 is 1.58 bits per heavy atom. The van der Waals surface area contributed by atoms with E-state index in [4.69, 9.17) is 5.11 Å². The number of cyclic esters (lactones) is 1. The Hall–Kier alpha value is -0.780. The van der Waals surface area contributed by atoms with Crippen LogP contribution < -0.4 is 0 Å². The number of aliphatic hydroxyl groups is 1. The summed E-state index contributed by atoms with van der Waals surface area (Å²) in [7, 11) is 0. The van der Waals surface area contributed by atoms with Gasteiger partial charge in [-0.3, -0.25) is 4.79 Å². The monoisotopic (exact) mass is 184 g/mol. The molecule has 70 valence electrons. The van der Waals surface area contributed by atoms with Crippen LogP contribution in [0.4, 0.5) is 13.2 Å². The molecule has 0 unspecified atom stereocenters. The van der Waals surface area contributed by atoms with Crippen LogP contribution in [0.3, 0.4) is 0 Å². The predicted octanol–water partition coefficient (Wildman–Crippen LogP) is 0.473. The van der Waals surface area contributed by atoms with Crippen molar-refractivity contribution in [2.45, 2.75) is 18.7 Å². The predicted molar refractivity (Wildman–Crippen MR) is 31.1 cm³/mol. The standard InChI is InChI=1S/C6H7F3O3/c7-6(8,9)4-1-3(2-10)12-5(4)11/h3-4,10H,1-2H2/t3-,4+/m0/s1. The summed E-state index contributed by atoms with van der Waals surface area (Å²) in [6, 6.07) is 0. The van der Waals surface area contributed by atoms with E-state index in [2.05, 4.69) is 4.74 Å². The van der Waals surface area contributed by atoms with Gasteiger partial charge in [0.1, 0.15) is 6.10 Å². The topological polar surface area (TPSA) is 46.5 Å². The Bertz CT molecular complexity index is 189. The first-order chi connectivity index (χ1) is 5.45. The number of carbonyl (C=O) groups is 1. The van der Waals surface area contributed by atoms with Gasteiger partial charge in [0, 0.05) is 6.42 Å². The second-order valence-corrected chi connectivity index (χ2v) is 2.57. The first-order valence-electron chi connectivity index (χ1n) is 3.33. The van der Waals surface area contributed by atoms with Crippen molar-refractivity contribution in [1.29, 1.82) is 0 Å². The molecular formula is C6H7F3O3. The molecule has 6 heteroatoms. The van der Waals surface area contributed by atoms with Crippen molar-refractivity contribution in [1.82, 2.24) is 0 Å². The highest BCUT2D eigenvalue weighted by Crippen LogP contribution is 2.35. The number of hydrogen-bond donors (Lipinski definition) is 1. The van der Waals surface area contributed by atoms with Gasteiger partial charge >= 0.3 is 12.1 Å². The second-order valence-electron chi connectivity index (χ2n) is 2.57. The number of rotatable bonds is 1. The summed E-state index contributed by atoms with van der Waals surface area (Å²) in [6.45, 7) is -0.557. The minimum Gasteiger partial charge on any atom is -0.459 e. The largest absolute Gasteiger partial charge is 0.459 e. The fourth-order valence-electron chi connectivity index (χ4n) is 1.03. The van der Waals surface area contributed by atoms with Gasteiger partial charge in [0.2, 0.25) is 0 Å². The highest BCUT2D eigenvalue weighted by atomic mass is 19.4. The van der Waals surface area contributed by atoms with Crippen LogP contribution in [0.15, 0.2) is 0 Å². The summed E-state index contributed by atoms with van der Waals surface area (Å²) in [6.07, 6.45) is -6.02. The van der Waals surface area contributed by atoms with Gasteiger partial charge in [-0.1, -0.05) is 0 Å². The van der Waals surface area contributed by atoms with Crippen LogP contribution in [-0.2, 0) is 9.53 Å². The van der Waals surface area contributed by atoms with E-state index in [0.29, 0.717) is 0 Å². The molecule has 0 amide bonds. The van der Waals surface area contributed by atoms with Crippen molar-refractivity contribution in [2.75, 3.05) is 6.61 Å². The van der Waals surface area contributed by atoms with Gasteiger partial charge in [-0.25, -0.2) is 0 Å². The highest BCUT2D eigenvalue weighted by molar-refractivity contribution is 5.75. The SMILES string of the molecule is O=C1O[C@H](CO)C[C@H]1C(F)(F)F. The van der Waals surface area contributed by atoms with E-state index in [1.807, 2.05) is 0 Å². The van der Waals surface area contributed by atoms with Crippen molar-refractivity contribution < 1.29 is 27.8 Å². The molecule has 0 aromatic carbocycles. The van der Waals surface area contributed by atoms with Crippen molar-refractivity contribution in [2.24, 2.45) is 5.92 Å². The number of halogens is 3. The molecule has 0 aromatic rings. The Kier molecular flexibility index (Phi) is 2.27. The zero-order chi connectivity index (χ0) is 9.35. The van der Waals surface area contributed by atoms with Crippen LogP contribution in [0.25, 0.3) is 0 Å². The third kappa shape index (κ3) is 1.69. The van der Waals surface area contributed by atoms with Crippen LogP contribution >= 0.6 is 0 Å². The summed E-state index contributed by atoms with van der Waals surface area (Å²) < 4.78 is 40.1. The summed E-state index contributed by atoms with van der Waals surface area (Å²) in [5.74, 6) is -3.35. The Morgan fingerprint density at radius 3 is 2.42 bits per heavy atom. The van der Waals surface area contributed by atoms with E-state index in [9.17, 15) is 18.0 Å². The van der Waals surface area contributed by atoms with Crippen LogP contribution in [0.2, 0.25) is 0 Å². The molecule has 0 saturated carbocycles. The zero-order valence-corrected chi connectivity index (χ0v) is 5.97. The molecule has 1 heterocycles. The van der Waals surface area contributed by atoms with Crippen molar-refractivity contribution >= 4 is 5.97 Å². The minimum atomic E-state index is -4.55. The Labute approximate surface area is 66.1 Å². The van der Waals surface area contributed by atoms with Crippen molar-refractivity contribution in [3.05, 3.63) is 0 Å². The number of esters is 1. The smallest absolute Gasteiger partial charge is 0.402 e.